The molecule has 1 aromatic carbocycles. The minimum absolute atomic E-state index is 0. The number of nitrogens with one attached hydrogen (secondary N) is 1. The van der Waals surface area contributed by atoms with E-state index >= 15 is 0 Å². The average molecular weight is 374 g/mol. The summed E-state index contributed by atoms with van der Waals surface area (Å²) in [5.74, 6) is 1.08. The van der Waals surface area contributed by atoms with E-state index in [1.54, 1.807) is 6.07 Å². The van der Waals surface area contributed by atoms with Gasteiger partial charge in [-0.3, -0.25) is 0 Å². The van der Waals surface area contributed by atoms with Crippen LogP contribution in [-0.2, 0) is 6.54 Å². The second kappa shape index (κ2) is 9.20. The molecule has 0 saturated heterocycles. The zero-order valence-corrected chi connectivity index (χ0v) is 14.2. The Morgan fingerprint density at radius 2 is 2.00 bits per heavy atom. The van der Waals surface area contributed by atoms with Crippen LogP contribution in [0, 0.1) is 0 Å². The monoisotopic (exact) mass is 373 g/mol. The number of alkyl halides is 3. The van der Waals surface area contributed by atoms with Crippen molar-refractivity contribution in [3.05, 3.63) is 23.8 Å². The van der Waals surface area contributed by atoms with Crippen molar-refractivity contribution in [1.82, 2.24) is 5.32 Å². The number of hydrogen-bond donors (Lipinski definition) is 2. The first-order valence-corrected chi connectivity index (χ1v) is 6.76. The van der Waals surface area contributed by atoms with Crippen molar-refractivity contribution < 1.29 is 17.9 Å². The van der Waals surface area contributed by atoms with E-state index in [9.17, 15) is 13.2 Å². The van der Waals surface area contributed by atoms with Crippen molar-refractivity contribution >= 4 is 36.3 Å². The number of benzene rings is 1. The van der Waals surface area contributed by atoms with E-state index in [4.69, 9.17) is 10.5 Å². The second-order valence-electron chi connectivity index (χ2n) is 4.99. The quantitative estimate of drug-likeness (QED) is 0.773. The molecule has 0 aliphatic carbocycles. The molecule has 0 amide bonds. The number of ether oxygens (including phenoxy) is 1. The van der Waals surface area contributed by atoms with Gasteiger partial charge in [0.05, 0.1) is 0 Å². The highest BCUT2D eigenvalue weighted by Crippen LogP contribution is 2.32. The van der Waals surface area contributed by atoms with Crippen LogP contribution in [0.5, 0.6) is 5.75 Å². The van der Waals surface area contributed by atoms with Gasteiger partial charge >= 0.3 is 6.18 Å². The molecule has 1 aliphatic rings. The minimum Gasteiger partial charge on any atom is -0.481 e. The van der Waals surface area contributed by atoms with Crippen LogP contribution in [0.4, 0.5) is 18.9 Å². The molecule has 1 unspecified atom stereocenters. The van der Waals surface area contributed by atoms with Gasteiger partial charge in [0.15, 0.2) is 6.10 Å². The Labute approximate surface area is 145 Å². The van der Waals surface area contributed by atoms with E-state index in [-0.39, 0.29) is 37.3 Å². The third-order valence-electron chi connectivity index (χ3n) is 3.14. The van der Waals surface area contributed by atoms with Gasteiger partial charge in [-0.1, -0.05) is 6.07 Å². The lowest BCUT2D eigenvalue weighted by molar-refractivity contribution is -0.135. The molecule has 0 radical (unpaired) electrons. The van der Waals surface area contributed by atoms with Crippen LogP contribution < -0.4 is 15.8 Å². The molecule has 0 aromatic heterocycles. The lowest BCUT2D eigenvalue weighted by atomic mass is 10.1. The predicted octanol–water partition coefficient (Wildman–Crippen LogP) is 3.73. The SMILES string of the molecule is CC1Oc2ccc(CNCCCC(F)(F)F)cc2N=C1N.Cl.Cl. The van der Waals surface area contributed by atoms with E-state index in [2.05, 4.69) is 10.3 Å². The van der Waals surface area contributed by atoms with E-state index in [1.165, 1.54) is 0 Å². The number of rotatable bonds is 5. The van der Waals surface area contributed by atoms with Gasteiger partial charge in [-0.05, 0) is 37.6 Å². The molecular formula is C14H20Cl2F3N3O. The smallest absolute Gasteiger partial charge is 0.389 e. The van der Waals surface area contributed by atoms with Gasteiger partial charge in [0.2, 0.25) is 0 Å². The summed E-state index contributed by atoms with van der Waals surface area (Å²) in [4.78, 5) is 4.26. The number of nitrogens with zero attached hydrogens (tertiary/aromatic N) is 1. The Morgan fingerprint density at radius 3 is 2.65 bits per heavy atom. The van der Waals surface area contributed by atoms with Crippen molar-refractivity contribution in [3.63, 3.8) is 0 Å². The standard InChI is InChI=1S/C14H18F3N3O.2ClH/c1-9-13(18)20-11-7-10(3-4-12(11)21-9)8-19-6-2-5-14(15,16)17;;/h3-4,7,9,19H,2,5-6,8H2,1H3,(H2,18,20);2*1H. The first-order valence-electron chi connectivity index (χ1n) is 6.76. The van der Waals surface area contributed by atoms with Crippen molar-refractivity contribution in [2.24, 2.45) is 10.7 Å². The van der Waals surface area contributed by atoms with Crippen LogP contribution in [-0.4, -0.2) is 24.7 Å². The van der Waals surface area contributed by atoms with E-state index < -0.39 is 12.6 Å². The fourth-order valence-corrected chi connectivity index (χ4v) is 1.99. The first kappa shape index (κ1) is 21.8. The summed E-state index contributed by atoms with van der Waals surface area (Å²) in [6.07, 6.45) is -5.03. The summed E-state index contributed by atoms with van der Waals surface area (Å²) in [5, 5.41) is 2.98. The van der Waals surface area contributed by atoms with Gasteiger partial charge in [0, 0.05) is 13.0 Å². The maximum atomic E-state index is 12.0. The lowest BCUT2D eigenvalue weighted by Crippen LogP contribution is -2.33. The molecule has 9 heteroatoms. The zero-order chi connectivity index (χ0) is 15.5. The maximum absolute atomic E-state index is 12.0. The van der Waals surface area contributed by atoms with Gasteiger partial charge in [-0.25, -0.2) is 4.99 Å². The van der Waals surface area contributed by atoms with Crippen LogP contribution in [0.15, 0.2) is 23.2 Å². The highest BCUT2D eigenvalue weighted by molar-refractivity contribution is 5.89. The summed E-state index contributed by atoms with van der Waals surface area (Å²) in [6.45, 7) is 2.61. The minimum atomic E-state index is -4.09. The molecule has 1 heterocycles. The van der Waals surface area contributed by atoms with Crippen LogP contribution >= 0.6 is 24.8 Å². The predicted molar refractivity (Wildman–Crippen MR) is 89.3 cm³/mol. The summed E-state index contributed by atoms with van der Waals surface area (Å²) in [7, 11) is 0. The van der Waals surface area contributed by atoms with E-state index in [0.717, 1.165) is 5.56 Å². The summed E-state index contributed by atoms with van der Waals surface area (Å²) >= 11 is 0. The molecule has 4 nitrogen and oxygen atoms in total. The molecule has 23 heavy (non-hydrogen) atoms. The van der Waals surface area contributed by atoms with Crippen molar-refractivity contribution in [2.75, 3.05) is 6.54 Å². The Bertz CT molecular complexity index is 538. The van der Waals surface area contributed by atoms with E-state index in [1.807, 2.05) is 19.1 Å². The topological polar surface area (TPSA) is 59.6 Å². The van der Waals surface area contributed by atoms with Gasteiger partial charge in [-0.2, -0.15) is 13.2 Å². The van der Waals surface area contributed by atoms with Crippen LogP contribution in [0.2, 0.25) is 0 Å². The third-order valence-corrected chi connectivity index (χ3v) is 3.14. The molecule has 0 bridgehead atoms. The van der Waals surface area contributed by atoms with Gasteiger partial charge in [0.25, 0.3) is 0 Å². The zero-order valence-electron chi connectivity index (χ0n) is 12.5. The molecule has 1 atom stereocenters. The van der Waals surface area contributed by atoms with Crippen LogP contribution in [0.3, 0.4) is 0 Å². The normalized spacial score (nSPS) is 16.3. The number of nitrogens with two attached hydrogens (primary N) is 1. The first-order chi connectivity index (χ1) is 9.85. The lowest BCUT2D eigenvalue weighted by Gasteiger charge is -2.21. The Morgan fingerprint density at radius 1 is 1.30 bits per heavy atom. The molecular weight excluding hydrogens is 354 g/mol. The third kappa shape index (κ3) is 6.85. The van der Waals surface area contributed by atoms with Crippen LogP contribution in [0.25, 0.3) is 0 Å². The average Bonchev–Trinajstić information content (AvgIpc) is 2.38. The Kier molecular flexibility index (Phi) is 8.73. The molecule has 3 N–H and O–H groups in total. The van der Waals surface area contributed by atoms with Crippen molar-refractivity contribution in [3.8, 4) is 5.75 Å². The van der Waals surface area contributed by atoms with E-state index in [0.29, 0.717) is 30.4 Å². The fraction of sp³-hybridized carbons (Fsp3) is 0.500. The summed E-state index contributed by atoms with van der Waals surface area (Å²) in [5.41, 5.74) is 7.31. The molecule has 2 rings (SSSR count). The number of fused-ring (bicyclic) bond motifs is 1. The molecule has 0 fully saturated rings. The molecule has 0 saturated carbocycles. The van der Waals surface area contributed by atoms with Crippen LogP contribution in [0.1, 0.15) is 25.3 Å². The molecule has 132 valence electrons. The summed E-state index contributed by atoms with van der Waals surface area (Å²) < 4.78 is 41.6. The number of aliphatic imine (C=N–C) groups is 1. The Hall–Kier alpha value is -1.18. The highest BCUT2D eigenvalue weighted by atomic mass is 35.5. The second-order valence-corrected chi connectivity index (χ2v) is 4.99. The van der Waals surface area contributed by atoms with Gasteiger partial charge in [-0.15, -0.1) is 24.8 Å². The van der Waals surface area contributed by atoms with Gasteiger partial charge < -0.3 is 15.8 Å². The highest BCUT2D eigenvalue weighted by Gasteiger charge is 2.25. The number of halogens is 5. The number of amidine groups is 1. The fourth-order valence-electron chi connectivity index (χ4n) is 1.99. The largest absolute Gasteiger partial charge is 0.481 e. The molecule has 1 aromatic rings. The van der Waals surface area contributed by atoms with Crippen molar-refractivity contribution in [1.29, 1.82) is 0 Å². The summed E-state index contributed by atoms with van der Waals surface area (Å²) in [6, 6.07) is 5.48. The van der Waals surface area contributed by atoms with Crippen molar-refractivity contribution in [2.45, 2.75) is 38.6 Å². The molecule has 1 aliphatic heterocycles. The number of hydrogen-bond acceptors (Lipinski definition) is 4. The Balaban J connectivity index is 0.00000242. The van der Waals surface area contributed by atoms with Gasteiger partial charge in [0.1, 0.15) is 17.3 Å². The maximum Gasteiger partial charge on any atom is 0.389 e. The molecule has 0 spiro atoms.